The molecule has 0 fully saturated rings. The predicted molar refractivity (Wildman–Crippen MR) is 105 cm³/mol. The number of amides is 1. The smallest absolute Gasteiger partial charge is 0.338 e. The van der Waals surface area contributed by atoms with Gasteiger partial charge in [0.15, 0.2) is 0 Å². The summed E-state index contributed by atoms with van der Waals surface area (Å²) in [6.45, 7) is 2.68. The molecule has 0 aliphatic heterocycles. The van der Waals surface area contributed by atoms with E-state index in [0.29, 0.717) is 37.4 Å². The number of rotatable bonds is 9. The number of hydrogen-bond acceptors (Lipinski definition) is 3. The number of hydrogen-bond donors (Lipinski definition) is 0. The lowest BCUT2D eigenvalue weighted by molar-refractivity contribution is -0.118. The van der Waals surface area contributed by atoms with Crippen molar-refractivity contribution in [3.05, 3.63) is 65.7 Å². The van der Waals surface area contributed by atoms with Crippen molar-refractivity contribution >= 4 is 29.2 Å². The average Bonchev–Trinajstić information content (AvgIpc) is 2.68. The highest BCUT2D eigenvalue weighted by Gasteiger charge is 2.16. The Morgan fingerprint density at radius 3 is 2.35 bits per heavy atom. The van der Waals surface area contributed by atoms with Gasteiger partial charge in [-0.15, -0.1) is 11.6 Å². The molecule has 2 aromatic carbocycles. The Hall–Kier alpha value is -2.33. The number of halogens is 1. The fourth-order valence-electron chi connectivity index (χ4n) is 2.63. The molecule has 0 N–H and O–H groups in total. The van der Waals surface area contributed by atoms with Gasteiger partial charge in [-0.05, 0) is 49.6 Å². The lowest BCUT2D eigenvalue weighted by atomic mass is 10.1. The molecule has 2 aromatic rings. The summed E-state index contributed by atoms with van der Waals surface area (Å²) in [7, 11) is 0. The molecule has 0 atom stereocenters. The predicted octanol–water partition coefficient (Wildman–Crippen LogP) is 4.46. The summed E-state index contributed by atoms with van der Waals surface area (Å²) in [5.41, 5.74) is 2.42. The summed E-state index contributed by atoms with van der Waals surface area (Å²) in [4.78, 5) is 26.2. The van der Waals surface area contributed by atoms with Crippen LogP contribution in [0.15, 0.2) is 54.6 Å². The van der Waals surface area contributed by atoms with E-state index in [0.717, 1.165) is 12.1 Å². The van der Waals surface area contributed by atoms with Gasteiger partial charge in [-0.25, -0.2) is 4.79 Å². The highest BCUT2D eigenvalue weighted by atomic mass is 35.5. The Morgan fingerprint density at radius 2 is 1.73 bits per heavy atom. The minimum Gasteiger partial charge on any atom is -0.462 e. The maximum atomic E-state index is 12.6. The van der Waals surface area contributed by atoms with Crippen LogP contribution in [0.4, 0.5) is 5.69 Å². The Bertz CT molecular complexity index is 701. The third-order valence-electron chi connectivity index (χ3n) is 3.98. The molecule has 0 unspecified atom stereocenters. The van der Waals surface area contributed by atoms with E-state index in [4.69, 9.17) is 16.3 Å². The SMILES string of the molecule is CCOC(=O)c1ccc(N(CCc2ccccc2)C(=O)CCCCl)cc1. The minimum absolute atomic E-state index is 0.0328. The number of nitrogens with zero attached hydrogens (tertiary/aromatic N) is 1. The first-order valence-corrected chi connectivity index (χ1v) is 9.36. The van der Waals surface area contributed by atoms with E-state index >= 15 is 0 Å². The summed E-state index contributed by atoms with van der Waals surface area (Å²) in [6.07, 6.45) is 1.80. The summed E-state index contributed by atoms with van der Waals surface area (Å²) < 4.78 is 5.00. The first kappa shape index (κ1) is 20.0. The molecular formula is C21H24ClNO3. The molecule has 1 amide bonds. The van der Waals surface area contributed by atoms with Gasteiger partial charge in [0, 0.05) is 24.5 Å². The second-order valence-corrected chi connectivity index (χ2v) is 6.22. The summed E-state index contributed by atoms with van der Waals surface area (Å²) >= 11 is 5.73. The van der Waals surface area contributed by atoms with Crippen LogP contribution in [0.3, 0.4) is 0 Å². The first-order chi connectivity index (χ1) is 12.7. The quantitative estimate of drug-likeness (QED) is 0.481. The number of benzene rings is 2. The lowest BCUT2D eigenvalue weighted by Gasteiger charge is -2.23. The highest BCUT2D eigenvalue weighted by molar-refractivity contribution is 6.18. The molecular weight excluding hydrogens is 350 g/mol. The van der Waals surface area contributed by atoms with Crippen molar-refractivity contribution in [1.82, 2.24) is 0 Å². The zero-order valence-electron chi connectivity index (χ0n) is 15.0. The van der Waals surface area contributed by atoms with Crippen LogP contribution < -0.4 is 4.90 Å². The van der Waals surface area contributed by atoms with Gasteiger partial charge in [0.2, 0.25) is 5.91 Å². The molecule has 0 heterocycles. The van der Waals surface area contributed by atoms with Crippen LogP contribution in [0.1, 0.15) is 35.7 Å². The molecule has 0 bridgehead atoms. The Labute approximate surface area is 159 Å². The normalized spacial score (nSPS) is 10.4. The van der Waals surface area contributed by atoms with Crippen LogP contribution in [-0.2, 0) is 16.0 Å². The van der Waals surface area contributed by atoms with Gasteiger partial charge in [0.1, 0.15) is 0 Å². The Balaban J connectivity index is 2.14. The van der Waals surface area contributed by atoms with Gasteiger partial charge >= 0.3 is 5.97 Å². The standard InChI is InChI=1S/C21H24ClNO3/c1-2-26-21(25)18-10-12-19(13-11-18)23(20(24)9-6-15-22)16-14-17-7-4-3-5-8-17/h3-5,7-8,10-13H,2,6,9,14-16H2,1H3. The molecule has 0 saturated heterocycles. The molecule has 0 aliphatic rings. The van der Waals surface area contributed by atoms with E-state index in [2.05, 4.69) is 0 Å². The zero-order chi connectivity index (χ0) is 18.8. The van der Waals surface area contributed by atoms with Crippen molar-refractivity contribution in [3.8, 4) is 0 Å². The molecule has 0 saturated carbocycles. The van der Waals surface area contributed by atoms with Crippen LogP contribution in [0.2, 0.25) is 0 Å². The van der Waals surface area contributed by atoms with Gasteiger partial charge in [0.05, 0.1) is 12.2 Å². The number of ether oxygens (including phenoxy) is 1. The van der Waals surface area contributed by atoms with E-state index in [1.54, 1.807) is 36.1 Å². The van der Waals surface area contributed by atoms with Crippen molar-refractivity contribution in [1.29, 1.82) is 0 Å². The third kappa shape index (κ3) is 5.88. The Morgan fingerprint density at radius 1 is 1.04 bits per heavy atom. The third-order valence-corrected chi connectivity index (χ3v) is 4.25. The molecule has 26 heavy (non-hydrogen) atoms. The fourth-order valence-corrected chi connectivity index (χ4v) is 2.76. The van der Waals surface area contributed by atoms with Crippen molar-refractivity contribution in [2.24, 2.45) is 0 Å². The number of anilines is 1. The van der Waals surface area contributed by atoms with E-state index in [9.17, 15) is 9.59 Å². The second-order valence-electron chi connectivity index (χ2n) is 5.84. The van der Waals surface area contributed by atoms with Gasteiger partial charge < -0.3 is 9.64 Å². The molecule has 0 radical (unpaired) electrons. The zero-order valence-corrected chi connectivity index (χ0v) is 15.7. The number of carbonyl (C=O) groups is 2. The van der Waals surface area contributed by atoms with E-state index in [1.165, 1.54) is 5.56 Å². The molecule has 0 spiro atoms. The fraction of sp³-hybridized carbons (Fsp3) is 0.333. The number of alkyl halides is 1. The van der Waals surface area contributed by atoms with Crippen LogP contribution in [0.5, 0.6) is 0 Å². The van der Waals surface area contributed by atoms with Crippen molar-refractivity contribution in [2.75, 3.05) is 23.9 Å². The van der Waals surface area contributed by atoms with Crippen LogP contribution >= 0.6 is 11.6 Å². The summed E-state index contributed by atoms with van der Waals surface area (Å²) in [5, 5.41) is 0. The van der Waals surface area contributed by atoms with E-state index < -0.39 is 0 Å². The van der Waals surface area contributed by atoms with Gasteiger partial charge in [-0.2, -0.15) is 0 Å². The maximum Gasteiger partial charge on any atom is 0.338 e. The van der Waals surface area contributed by atoms with E-state index in [-0.39, 0.29) is 11.9 Å². The highest BCUT2D eigenvalue weighted by Crippen LogP contribution is 2.18. The first-order valence-electron chi connectivity index (χ1n) is 8.83. The molecule has 0 aliphatic carbocycles. The van der Waals surface area contributed by atoms with Gasteiger partial charge in [0.25, 0.3) is 0 Å². The molecule has 5 heteroatoms. The molecule has 4 nitrogen and oxygen atoms in total. The molecule has 0 aromatic heterocycles. The van der Waals surface area contributed by atoms with E-state index in [1.807, 2.05) is 30.3 Å². The van der Waals surface area contributed by atoms with Crippen molar-refractivity contribution in [3.63, 3.8) is 0 Å². The minimum atomic E-state index is -0.358. The monoisotopic (exact) mass is 373 g/mol. The largest absolute Gasteiger partial charge is 0.462 e. The topological polar surface area (TPSA) is 46.6 Å². The number of esters is 1. The van der Waals surface area contributed by atoms with Crippen LogP contribution in [0, 0.1) is 0 Å². The van der Waals surface area contributed by atoms with Crippen molar-refractivity contribution < 1.29 is 14.3 Å². The van der Waals surface area contributed by atoms with Crippen LogP contribution in [-0.4, -0.2) is 30.9 Å². The average molecular weight is 374 g/mol. The lowest BCUT2D eigenvalue weighted by Crippen LogP contribution is -2.32. The molecule has 2 rings (SSSR count). The molecule has 138 valence electrons. The second kappa shape index (κ2) is 10.6. The summed E-state index contributed by atoms with van der Waals surface area (Å²) in [6, 6.07) is 17.0. The van der Waals surface area contributed by atoms with Crippen LogP contribution in [0.25, 0.3) is 0 Å². The maximum absolute atomic E-state index is 12.6. The van der Waals surface area contributed by atoms with Gasteiger partial charge in [-0.3, -0.25) is 4.79 Å². The summed E-state index contributed by atoms with van der Waals surface area (Å²) in [5.74, 6) is 0.133. The van der Waals surface area contributed by atoms with Crippen molar-refractivity contribution in [2.45, 2.75) is 26.2 Å². The number of carbonyl (C=O) groups excluding carboxylic acids is 2. The Kier molecular flexibility index (Phi) is 8.16. The van der Waals surface area contributed by atoms with Gasteiger partial charge in [-0.1, -0.05) is 30.3 Å².